The fourth-order valence-corrected chi connectivity index (χ4v) is 4.76. The first-order valence-electron chi connectivity index (χ1n) is 11.2. The van der Waals surface area contributed by atoms with Gasteiger partial charge in [0.25, 0.3) is 5.91 Å². The molecule has 0 saturated heterocycles. The summed E-state index contributed by atoms with van der Waals surface area (Å²) in [6, 6.07) is 23.3. The van der Waals surface area contributed by atoms with E-state index in [1.165, 1.54) is 27.8 Å². The number of hydrogen-bond acceptors (Lipinski definition) is 2. The van der Waals surface area contributed by atoms with E-state index in [-0.39, 0.29) is 11.9 Å². The highest BCUT2D eigenvalue weighted by molar-refractivity contribution is 5.93. The predicted octanol–water partition coefficient (Wildman–Crippen LogP) is 5.96. The molecule has 4 aromatic rings. The molecular formula is C28H27N3O. The van der Waals surface area contributed by atoms with E-state index in [1.807, 2.05) is 22.8 Å². The van der Waals surface area contributed by atoms with E-state index >= 15 is 0 Å². The molecule has 0 saturated carbocycles. The number of rotatable bonds is 4. The van der Waals surface area contributed by atoms with Gasteiger partial charge in [-0.3, -0.25) is 9.36 Å². The normalized spacial score (nSPS) is 15.2. The van der Waals surface area contributed by atoms with Gasteiger partial charge < -0.3 is 5.32 Å². The van der Waals surface area contributed by atoms with Crippen LogP contribution in [-0.2, 0) is 6.42 Å². The average molecular weight is 422 g/mol. The largest absolute Gasteiger partial charge is 0.344 e. The van der Waals surface area contributed by atoms with Gasteiger partial charge in [-0.25, -0.2) is 4.98 Å². The number of amides is 1. The topological polar surface area (TPSA) is 46.9 Å². The number of carbonyl (C=O) groups excluding carboxylic acids is 1. The van der Waals surface area contributed by atoms with Crippen molar-refractivity contribution in [1.29, 1.82) is 0 Å². The summed E-state index contributed by atoms with van der Waals surface area (Å²) in [5.74, 6) is -0.0948. The van der Waals surface area contributed by atoms with Gasteiger partial charge >= 0.3 is 0 Å². The number of benzene rings is 3. The van der Waals surface area contributed by atoms with Crippen LogP contribution in [0.25, 0.3) is 16.8 Å². The van der Waals surface area contributed by atoms with Crippen molar-refractivity contribution in [2.75, 3.05) is 0 Å². The van der Waals surface area contributed by atoms with Crippen LogP contribution in [0.15, 0.2) is 79.3 Å². The number of hydrogen-bond donors (Lipinski definition) is 1. The Morgan fingerprint density at radius 3 is 2.50 bits per heavy atom. The number of aryl methyl sites for hydroxylation is 3. The third-order valence-corrected chi connectivity index (χ3v) is 6.25. The fraction of sp³-hybridized carbons (Fsp3) is 0.214. The van der Waals surface area contributed by atoms with Gasteiger partial charge in [0.2, 0.25) is 0 Å². The zero-order chi connectivity index (χ0) is 22.1. The van der Waals surface area contributed by atoms with Gasteiger partial charge in [0.15, 0.2) is 0 Å². The molecule has 1 amide bonds. The third kappa shape index (κ3) is 3.96. The maximum absolute atomic E-state index is 13.2. The third-order valence-electron chi connectivity index (χ3n) is 6.25. The second-order valence-electron chi connectivity index (χ2n) is 8.69. The molecule has 0 spiro atoms. The molecule has 0 aliphatic heterocycles. The van der Waals surface area contributed by atoms with Crippen LogP contribution in [-0.4, -0.2) is 15.5 Å². The average Bonchev–Trinajstić information content (AvgIpc) is 3.29. The highest BCUT2D eigenvalue weighted by Gasteiger charge is 2.23. The Kier molecular flexibility index (Phi) is 5.36. The van der Waals surface area contributed by atoms with Gasteiger partial charge in [0.05, 0.1) is 18.6 Å². The van der Waals surface area contributed by atoms with Crippen molar-refractivity contribution in [3.63, 3.8) is 0 Å². The number of nitrogens with zero attached hydrogens (tertiary/aromatic N) is 2. The quantitative estimate of drug-likeness (QED) is 0.442. The molecule has 1 aromatic heterocycles. The Labute approximate surface area is 189 Å². The number of nitrogens with one attached hydrogen (secondary N) is 1. The highest BCUT2D eigenvalue weighted by Crippen LogP contribution is 2.30. The molecule has 1 N–H and O–H groups in total. The van der Waals surface area contributed by atoms with Crippen molar-refractivity contribution in [2.24, 2.45) is 0 Å². The monoisotopic (exact) mass is 421 g/mol. The molecule has 1 atom stereocenters. The maximum Gasteiger partial charge on any atom is 0.270 e. The standard InChI is InChI=1S/C28H27N3O/c1-19-14-20(2)16-23(15-19)21-10-12-24(13-11-21)31-18-29-17-27(31)28(32)30-26-9-5-7-22-6-3-4-8-25(22)26/h3-4,6,8,10-18,26H,5,7,9H2,1-2H3,(H,30,32). The molecule has 0 radical (unpaired) electrons. The van der Waals surface area contributed by atoms with Crippen LogP contribution < -0.4 is 5.32 Å². The number of aromatic nitrogens is 2. The first kappa shape index (κ1) is 20.3. The van der Waals surface area contributed by atoms with E-state index in [0.29, 0.717) is 5.69 Å². The van der Waals surface area contributed by atoms with Crippen molar-refractivity contribution in [1.82, 2.24) is 14.9 Å². The Balaban J connectivity index is 1.38. The molecule has 1 unspecified atom stereocenters. The van der Waals surface area contributed by atoms with E-state index in [9.17, 15) is 4.79 Å². The Hall–Kier alpha value is -3.66. The molecule has 1 aliphatic rings. The SMILES string of the molecule is Cc1cc(C)cc(-c2ccc(-n3cncc3C(=O)NC3CCCc4ccccc43)cc2)c1. The maximum atomic E-state index is 13.2. The Bertz CT molecular complexity index is 1250. The molecule has 4 nitrogen and oxygen atoms in total. The molecule has 1 aliphatic carbocycles. The first-order chi connectivity index (χ1) is 15.6. The summed E-state index contributed by atoms with van der Waals surface area (Å²) in [6.45, 7) is 4.23. The van der Waals surface area contributed by atoms with Gasteiger partial charge in [-0.2, -0.15) is 0 Å². The lowest BCUT2D eigenvalue weighted by Gasteiger charge is -2.26. The van der Waals surface area contributed by atoms with Gasteiger partial charge in [-0.15, -0.1) is 0 Å². The molecule has 32 heavy (non-hydrogen) atoms. The summed E-state index contributed by atoms with van der Waals surface area (Å²) in [6.07, 6.45) is 6.47. The minimum Gasteiger partial charge on any atom is -0.344 e. The summed E-state index contributed by atoms with van der Waals surface area (Å²) in [5.41, 5.74) is 8.90. The van der Waals surface area contributed by atoms with Crippen LogP contribution in [0.1, 0.15) is 51.6 Å². The Morgan fingerprint density at radius 2 is 1.72 bits per heavy atom. The lowest BCUT2D eigenvalue weighted by atomic mass is 9.88. The summed E-state index contributed by atoms with van der Waals surface area (Å²) in [7, 11) is 0. The second kappa shape index (κ2) is 8.46. The van der Waals surface area contributed by atoms with Crippen LogP contribution in [0.2, 0.25) is 0 Å². The number of fused-ring (bicyclic) bond motifs is 1. The number of carbonyl (C=O) groups is 1. The summed E-state index contributed by atoms with van der Waals surface area (Å²) in [4.78, 5) is 17.4. The molecule has 5 rings (SSSR count). The fourth-order valence-electron chi connectivity index (χ4n) is 4.76. The van der Waals surface area contributed by atoms with E-state index in [2.05, 4.69) is 72.7 Å². The van der Waals surface area contributed by atoms with Gasteiger partial charge in [-0.1, -0.05) is 65.7 Å². The van der Waals surface area contributed by atoms with Crippen LogP contribution in [0, 0.1) is 13.8 Å². The van der Waals surface area contributed by atoms with Gasteiger partial charge in [0, 0.05) is 5.69 Å². The zero-order valence-electron chi connectivity index (χ0n) is 18.5. The summed E-state index contributed by atoms with van der Waals surface area (Å²) < 4.78 is 1.86. The highest BCUT2D eigenvalue weighted by atomic mass is 16.2. The minimum absolute atomic E-state index is 0.0442. The van der Waals surface area contributed by atoms with Crippen molar-refractivity contribution in [3.05, 3.63) is 107 Å². The van der Waals surface area contributed by atoms with Crippen molar-refractivity contribution in [2.45, 2.75) is 39.2 Å². The van der Waals surface area contributed by atoms with Crippen LogP contribution in [0.4, 0.5) is 0 Å². The lowest BCUT2D eigenvalue weighted by Crippen LogP contribution is -2.32. The molecule has 1 heterocycles. The van der Waals surface area contributed by atoms with E-state index in [1.54, 1.807) is 12.5 Å². The molecule has 0 fully saturated rings. The van der Waals surface area contributed by atoms with Crippen LogP contribution >= 0.6 is 0 Å². The van der Waals surface area contributed by atoms with Crippen molar-refractivity contribution < 1.29 is 4.79 Å². The van der Waals surface area contributed by atoms with Gasteiger partial charge in [0.1, 0.15) is 5.69 Å². The van der Waals surface area contributed by atoms with E-state index in [0.717, 1.165) is 30.5 Å². The smallest absolute Gasteiger partial charge is 0.270 e. The van der Waals surface area contributed by atoms with Crippen molar-refractivity contribution in [3.8, 4) is 16.8 Å². The summed E-state index contributed by atoms with van der Waals surface area (Å²) >= 11 is 0. The summed E-state index contributed by atoms with van der Waals surface area (Å²) in [5, 5.41) is 3.24. The number of imidazole rings is 1. The lowest BCUT2D eigenvalue weighted by molar-refractivity contribution is 0.0926. The van der Waals surface area contributed by atoms with Crippen molar-refractivity contribution >= 4 is 5.91 Å². The zero-order valence-corrected chi connectivity index (χ0v) is 18.5. The first-order valence-corrected chi connectivity index (χ1v) is 11.2. The Morgan fingerprint density at radius 1 is 0.969 bits per heavy atom. The van der Waals surface area contributed by atoms with E-state index in [4.69, 9.17) is 0 Å². The van der Waals surface area contributed by atoms with Crippen LogP contribution in [0.3, 0.4) is 0 Å². The molecule has 3 aromatic carbocycles. The van der Waals surface area contributed by atoms with Gasteiger partial charge in [-0.05, 0) is 67.5 Å². The predicted molar refractivity (Wildman–Crippen MR) is 128 cm³/mol. The molecule has 0 bridgehead atoms. The molecular weight excluding hydrogens is 394 g/mol. The molecule has 4 heteroatoms. The second-order valence-corrected chi connectivity index (χ2v) is 8.69. The molecule has 160 valence electrons. The van der Waals surface area contributed by atoms with Crippen LogP contribution in [0.5, 0.6) is 0 Å². The van der Waals surface area contributed by atoms with E-state index < -0.39 is 0 Å². The minimum atomic E-state index is -0.0948.